The molecule has 0 radical (unpaired) electrons. The van der Waals surface area contributed by atoms with Crippen molar-refractivity contribution in [3.05, 3.63) is 29.8 Å². The van der Waals surface area contributed by atoms with Crippen LogP contribution in [0.3, 0.4) is 0 Å². The summed E-state index contributed by atoms with van der Waals surface area (Å²) in [6.07, 6.45) is -0.245. The summed E-state index contributed by atoms with van der Waals surface area (Å²) >= 11 is 0. The van der Waals surface area contributed by atoms with E-state index >= 15 is 0 Å². The first-order chi connectivity index (χ1) is 10.2. The zero-order chi connectivity index (χ0) is 15.1. The maximum atomic E-state index is 10.1. The molecule has 0 spiro atoms. The van der Waals surface area contributed by atoms with E-state index in [4.69, 9.17) is 14.2 Å². The van der Waals surface area contributed by atoms with Gasteiger partial charge in [-0.25, -0.2) is 0 Å². The Morgan fingerprint density at radius 1 is 1.43 bits per heavy atom. The third-order valence-electron chi connectivity index (χ3n) is 3.55. The van der Waals surface area contributed by atoms with Crippen molar-refractivity contribution < 1.29 is 19.3 Å². The largest absolute Gasteiger partial charge is 0.496 e. The molecular formula is C16H25NO4. The van der Waals surface area contributed by atoms with Crippen molar-refractivity contribution in [2.75, 3.05) is 40.0 Å². The van der Waals surface area contributed by atoms with Crippen LogP contribution in [0, 0.1) is 0 Å². The van der Waals surface area contributed by atoms with Crippen molar-refractivity contribution in [3.63, 3.8) is 0 Å². The summed E-state index contributed by atoms with van der Waals surface area (Å²) in [4.78, 5) is 2.21. The van der Waals surface area contributed by atoms with E-state index in [0.29, 0.717) is 19.8 Å². The molecule has 5 heteroatoms. The highest BCUT2D eigenvalue weighted by Gasteiger charge is 2.19. The number of nitrogens with zero attached hydrogens (tertiary/aromatic N) is 1. The zero-order valence-electron chi connectivity index (χ0n) is 12.8. The number of methoxy groups -OCH3 is 1. The standard InChI is InChI=1S/C16H25NO4/c1-13-9-17(7-8-21-13)10-15(18)12-20-11-14-5-3-4-6-16(14)19-2/h3-6,13,15,18H,7-12H2,1-2H3/t13-,15-/m0/s1. The number of hydrogen-bond acceptors (Lipinski definition) is 5. The van der Waals surface area contributed by atoms with E-state index in [0.717, 1.165) is 31.0 Å². The molecule has 1 aromatic rings. The van der Waals surface area contributed by atoms with Crippen molar-refractivity contribution in [1.29, 1.82) is 0 Å². The lowest BCUT2D eigenvalue weighted by Gasteiger charge is -2.32. The van der Waals surface area contributed by atoms with E-state index < -0.39 is 6.10 Å². The lowest BCUT2D eigenvalue weighted by atomic mass is 10.2. The van der Waals surface area contributed by atoms with Crippen LogP contribution in [0.4, 0.5) is 0 Å². The summed E-state index contributed by atoms with van der Waals surface area (Å²) < 4.78 is 16.4. The summed E-state index contributed by atoms with van der Waals surface area (Å²) in [5, 5.41) is 10.1. The lowest BCUT2D eigenvalue weighted by molar-refractivity contribution is -0.0456. The van der Waals surface area contributed by atoms with Gasteiger partial charge in [0.1, 0.15) is 5.75 Å². The molecule has 21 heavy (non-hydrogen) atoms. The minimum absolute atomic E-state index is 0.237. The van der Waals surface area contributed by atoms with Gasteiger partial charge in [-0.3, -0.25) is 4.90 Å². The van der Waals surface area contributed by atoms with E-state index in [9.17, 15) is 5.11 Å². The van der Waals surface area contributed by atoms with Crippen LogP contribution >= 0.6 is 0 Å². The average Bonchev–Trinajstić information content (AvgIpc) is 2.47. The average molecular weight is 295 g/mol. The fraction of sp³-hybridized carbons (Fsp3) is 0.625. The first kappa shape index (κ1) is 16.2. The first-order valence-corrected chi connectivity index (χ1v) is 7.40. The minimum Gasteiger partial charge on any atom is -0.496 e. The summed E-state index contributed by atoms with van der Waals surface area (Å²) in [7, 11) is 1.65. The molecule has 1 heterocycles. The molecule has 118 valence electrons. The number of β-amino-alcohol motifs (C(OH)–C–C–N with tert-alkyl or cyclic N) is 1. The van der Waals surface area contributed by atoms with Crippen LogP contribution in [-0.4, -0.2) is 62.2 Å². The van der Waals surface area contributed by atoms with Gasteiger partial charge in [0.25, 0.3) is 0 Å². The fourth-order valence-electron chi connectivity index (χ4n) is 2.53. The monoisotopic (exact) mass is 295 g/mol. The summed E-state index contributed by atoms with van der Waals surface area (Å²) in [5.41, 5.74) is 0.993. The number of morpholine rings is 1. The van der Waals surface area contributed by atoms with Gasteiger partial charge < -0.3 is 19.3 Å². The van der Waals surface area contributed by atoms with Crippen molar-refractivity contribution in [2.45, 2.75) is 25.7 Å². The number of para-hydroxylation sites is 1. The number of hydrogen-bond donors (Lipinski definition) is 1. The van der Waals surface area contributed by atoms with Gasteiger partial charge in [-0.1, -0.05) is 18.2 Å². The van der Waals surface area contributed by atoms with E-state index in [1.54, 1.807) is 7.11 Å². The van der Waals surface area contributed by atoms with Gasteiger partial charge in [-0.05, 0) is 13.0 Å². The number of aliphatic hydroxyl groups is 1. The number of aliphatic hydroxyl groups excluding tert-OH is 1. The highest BCUT2D eigenvalue weighted by Crippen LogP contribution is 2.18. The predicted molar refractivity (Wildman–Crippen MR) is 80.5 cm³/mol. The molecule has 0 aliphatic carbocycles. The van der Waals surface area contributed by atoms with Gasteiger partial charge in [0.05, 0.1) is 39.1 Å². The molecule has 1 saturated heterocycles. The van der Waals surface area contributed by atoms with Crippen LogP contribution in [0.25, 0.3) is 0 Å². The Labute approximate surface area is 126 Å². The van der Waals surface area contributed by atoms with Crippen molar-refractivity contribution in [3.8, 4) is 5.75 Å². The molecule has 2 atom stereocenters. The quantitative estimate of drug-likeness (QED) is 0.821. The van der Waals surface area contributed by atoms with Gasteiger partial charge in [-0.15, -0.1) is 0 Å². The van der Waals surface area contributed by atoms with Gasteiger partial charge in [-0.2, -0.15) is 0 Å². The fourth-order valence-corrected chi connectivity index (χ4v) is 2.53. The Kier molecular flexibility index (Phi) is 6.45. The van der Waals surface area contributed by atoms with Crippen LogP contribution in [0.1, 0.15) is 12.5 Å². The molecule has 0 amide bonds. The van der Waals surface area contributed by atoms with Gasteiger partial charge in [0.15, 0.2) is 0 Å². The maximum absolute atomic E-state index is 10.1. The Morgan fingerprint density at radius 2 is 2.24 bits per heavy atom. The van der Waals surface area contributed by atoms with Crippen molar-refractivity contribution >= 4 is 0 Å². The van der Waals surface area contributed by atoms with Crippen LogP contribution in [0.15, 0.2) is 24.3 Å². The van der Waals surface area contributed by atoms with Gasteiger partial charge in [0, 0.05) is 25.2 Å². The second kappa shape index (κ2) is 8.34. The van der Waals surface area contributed by atoms with Crippen LogP contribution in [0.5, 0.6) is 5.75 Å². The topological polar surface area (TPSA) is 51.2 Å². The minimum atomic E-state index is -0.481. The Morgan fingerprint density at radius 3 is 3.00 bits per heavy atom. The third kappa shape index (κ3) is 5.28. The first-order valence-electron chi connectivity index (χ1n) is 7.40. The smallest absolute Gasteiger partial charge is 0.124 e. The number of benzene rings is 1. The molecule has 5 nitrogen and oxygen atoms in total. The zero-order valence-corrected chi connectivity index (χ0v) is 12.8. The number of rotatable bonds is 7. The Balaban J connectivity index is 1.70. The maximum Gasteiger partial charge on any atom is 0.124 e. The van der Waals surface area contributed by atoms with E-state index in [2.05, 4.69) is 11.8 Å². The molecule has 1 aliphatic heterocycles. The molecule has 0 saturated carbocycles. The van der Waals surface area contributed by atoms with E-state index in [1.165, 1.54) is 0 Å². The normalized spacial score (nSPS) is 21.2. The van der Waals surface area contributed by atoms with Crippen LogP contribution < -0.4 is 4.74 Å². The molecule has 1 fully saturated rings. The second-order valence-corrected chi connectivity index (χ2v) is 5.42. The summed E-state index contributed by atoms with van der Waals surface area (Å²) in [6, 6.07) is 7.75. The molecule has 1 N–H and O–H groups in total. The predicted octanol–water partition coefficient (Wildman–Crippen LogP) is 1.29. The van der Waals surface area contributed by atoms with Crippen molar-refractivity contribution in [2.24, 2.45) is 0 Å². The summed E-state index contributed by atoms with van der Waals surface area (Å²) in [5.74, 6) is 0.814. The van der Waals surface area contributed by atoms with Gasteiger partial charge >= 0.3 is 0 Å². The second-order valence-electron chi connectivity index (χ2n) is 5.42. The lowest BCUT2D eigenvalue weighted by Crippen LogP contribution is -2.45. The summed E-state index contributed by atoms with van der Waals surface area (Å²) in [6.45, 7) is 5.91. The van der Waals surface area contributed by atoms with Crippen molar-refractivity contribution in [1.82, 2.24) is 4.90 Å². The van der Waals surface area contributed by atoms with Crippen LogP contribution in [0.2, 0.25) is 0 Å². The molecule has 1 aliphatic rings. The van der Waals surface area contributed by atoms with E-state index in [-0.39, 0.29) is 6.10 Å². The SMILES string of the molecule is COc1ccccc1COC[C@@H](O)CN1CCO[C@@H](C)C1. The highest BCUT2D eigenvalue weighted by molar-refractivity contribution is 5.32. The third-order valence-corrected chi connectivity index (χ3v) is 3.55. The molecule has 2 rings (SSSR count). The molecule has 0 unspecified atom stereocenters. The Bertz CT molecular complexity index is 426. The van der Waals surface area contributed by atoms with Crippen LogP contribution in [-0.2, 0) is 16.1 Å². The van der Waals surface area contributed by atoms with E-state index in [1.807, 2.05) is 24.3 Å². The highest BCUT2D eigenvalue weighted by atomic mass is 16.5. The molecule has 1 aromatic carbocycles. The molecular weight excluding hydrogens is 270 g/mol. The Hall–Kier alpha value is -1.14. The molecule has 0 aromatic heterocycles. The molecule has 0 bridgehead atoms. The number of ether oxygens (including phenoxy) is 3. The van der Waals surface area contributed by atoms with Gasteiger partial charge in [0.2, 0.25) is 0 Å².